The molecule has 0 heterocycles. The Morgan fingerprint density at radius 1 is 0.429 bits per heavy atom. The summed E-state index contributed by atoms with van der Waals surface area (Å²) in [7, 11) is 0. The standard InChI is InChI=1S/2Ag.Mo.4S/q2*+1;;4*-2. The van der Waals surface area contributed by atoms with Gasteiger partial charge in [0.25, 0.3) is 0 Å². The van der Waals surface area contributed by atoms with Crippen LogP contribution in [0.4, 0.5) is 0 Å². The predicted molar refractivity (Wildman–Crippen MR) is 29.5 cm³/mol. The molecule has 0 aromatic heterocycles. The predicted octanol–water partition coefficient (Wildman–Crippen LogP) is -0.0171. The van der Waals surface area contributed by atoms with Gasteiger partial charge in [0.05, 0.1) is 0 Å². The third-order valence-electron chi connectivity index (χ3n) is 0. The van der Waals surface area contributed by atoms with Crippen molar-refractivity contribution in [1.29, 1.82) is 0 Å². The molecule has 0 saturated carbocycles. The fourth-order valence-corrected chi connectivity index (χ4v) is 0. The summed E-state index contributed by atoms with van der Waals surface area (Å²) in [5.41, 5.74) is 0. The minimum absolute atomic E-state index is 0. The molecule has 0 spiro atoms. The second kappa shape index (κ2) is 55.2. The maximum Gasteiger partial charge on any atom is 1.00 e. The molecule has 0 aromatic rings. The number of hydrogen-bond donors (Lipinski definition) is 0. The molecule has 0 unspecified atom stereocenters. The van der Waals surface area contributed by atoms with E-state index in [1.807, 2.05) is 0 Å². The van der Waals surface area contributed by atoms with Crippen molar-refractivity contribution >= 4 is 54.0 Å². The molecule has 0 aliphatic carbocycles. The van der Waals surface area contributed by atoms with Gasteiger partial charge >= 0.3 is 44.8 Å². The molecule has 0 nitrogen and oxygen atoms in total. The summed E-state index contributed by atoms with van der Waals surface area (Å²) in [6, 6.07) is 0. The summed E-state index contributed by atoms with van der Waals surface area (Å²) < 4.78 is 0. The number of hydrogen-bond acceptors (Lipinski definition) is 0. The summed E-state index contributed by atoms with van der Waals surface area (Å²) in [6.45, 7) is 0. The zero-order chi connectivity index (χ0) is 0. The summed E-state index contributed by atoms with van der Waals surface area (Å²) in [5.74, 6) is 0. The van der Waals surface area contributed by atoms with Gasteiger partial charge in [0.2, 0.25) is 0 Å². The maximum atomic E-state index is 0. The average molecular weight is 440 g/mol. The van der Waals surface area contributed by atoms with Crippen molar-refractivity contribution in [1.82, 2.24) is 0 Å². The Morgan fingerprint density at radius 2 is 0.429 bits per heavy atom. The smallest absolute Gasteiger partial charge is 1.00 e. The van der Waals surface area contributed by atoms with E-state index < -0.39 is 0 Å². The third-order valence-corrected chi connectivity index (χ3v) is 0. The normalized spacial score (nSPS) is 0. The van der Waals surface area contributed by atoms with Gasteiger partial charge in [0, 0.05) is 21.1 Å². The van der Waals surface area contributed by atoms with Crippen molar-refractivity contribution in [2.24, 2.45) is 0 Å². The minimum Gasteiger partial charge on any atom is -2.00 e. The molecule has 0 saturated heterocycles. The molecule has 58 valence electrons. The van der Waals surface area contributed by atoms with Crippen LogP contribution in [0.1, 0.15) is 0 Å². The van der Waals surface area contributed by atoms with Gasteiger partial charge < -0.3 is 54.0 Å². The van der Waals surface area contributed by atoms with Crippen molar-refractivity contribution in [3.05, 3.63) is 0 Å². The molecule has 0 N–H and O–H groups in total. The Balaban J connectivity index is 0. The van der Waals surface area contributed by atoms with Gasteiger partial charge in [-0.15, -0.1) is 0 Å². The molecule has 0 aliphatic rings. The first-order chi connectivity index (χ1) is 0. The Hall–Kier alpha value is 3.57. The van der Waals surface area contributed by atoms with Crippen LogP contribution in [-0.2, 0) is 120 Å². The first kappa shape index (κ1) is 76.0. The van der Waals surface area contributed by atoms with E-state index >= 15 is 0 Å². The molecule has 0 atom stereocenters. The van der Waals surface area contributed by atoms with Crippen LogP contribution < -0.4 is 0 Å². The van der Waals surface area contributed by atoms with Crippen LogP contribution in [0.3, 0.4) is 0 Å². The molecule has 0 rings (SSSR count). The van der Waals surface area contributed by atoms with E-state index in [2.05, 4.69) is 0 Å². The van der Waals surface area contributed by atoms with Crippen LogP contribution >= 0.6 is 0 Å². The van der Waals surface area contributed by atoms with Gasteiger partial charge in [-0.2, -0.15) is 0 Å². The summed E-state index contributed by atoms with van der Waals surface area (Å²) in [5, 5.41) is 0. The number of rotatable bonds is 0. The van der Waals surface area contributed by atoms with E-state index in [0.29, 0.717) is 0 Å². The Labute approximate surface area is 118 Å². The van der Waals surface area contributed by atoms with E-state index in [4.69, 9.17) is 0 Å². The van der Waals surface area contributed by atoms with Gasteiger partial charge in [0.1, 0.15) is 0 Å². The van der Waals surface area contributed by atoms with Crippen molar-refractivity contribution in [3.8, 4) is 0 Å². The molecular weight excluding hydrogens is 440 g/mol. The SMILES string of the molecule is [Ag+].[Ag+].[Mo].[S-2].[S-2].[S-2].[S-2]. The first-order valence-electron chi connectivity index (χ1n) is 0. The van der Waals surface area contributed by atoms with Gasteiger partial charge in [-0.25, -0.2) is 0 Å². The second-order valence-electron chi connectivity index (χ2n) is 0. The molecule has 7 heteroatoms. The Kier molecular flexibility index (Phi) is 599. The van der Waals surface area contributed by atoms with E-state index in [1.165, 1.54) is 0 Å². The zero-order valence-electron chi connectivity index (χ0n) is 2.64. The quantitative estimate of drug-likeness (QED) is 0.466. The topological polar surface area (TPSA) is 0 Å². The van der Waals surface area contributed by atoms with Crippen molar-refractivity contribution in [2.45, 2.75) is 0 Å². The van der Waals surface area contributed by atoms with Crippen molar-refractivity contribution < 1.29 is 65.8 Å². The van der Waals surface area contributed by atoms with Crippen LogP contribution in [0.5, 0.6) is 0 Å². The fourth-order valence-electron chi connectivity index (χ4n) is 0. The van der Waals surface area contributed by atoms with Gasteiger partial charge in [0.15, 0.2) is 0 Å². The van der Waals surface area contributed by atoms with Crippen LogP contribution in [-0.4, -0.2) is 0 Å². The minimum atomic E-state index is 0. The Bertz CT molecular complexity index is 9.65. The van der Waals surface area contributed by atoms with E-state index in [0.717, 1.165) is 0 Å². The third kappa shape index (κ3) is 43.0. The molecule has 7 heavy (non-hydrogen) atoms. The molecular formula is Ag2MoS4-6. The second-order valence-corrected chi connectivity index (χ2v) is 0. The zero-order valence-corrected chi connectivity index (χ0v) is 10.9. The molecule has 0 aromatic carbocycles. The van der Waals surface area contributed by atoms with Gasteiger partial charge in [-0.3, -0.25) is 0 Å². The van der Waals surface area contributed by atoms with Crippen LogP contribution in [0, 0.1) is 0 Å². The fraction of sp³-hybridized carbons (Fsp3) is 0. The maximum absolute atomic E-state index is 0. The molecule has 0 amide bonds. The van der Waals surface area contributed by atoms with Gasteiger partial charge in [-0.1, -0.05) is 0 Å². The molecule has 0 fully saturated rings. The van der Waals surface area contributed by atoms with Crippen LogP contribution in [0.15, 0.2) is 0 Å². The summed E-state index contributed by atoms with van der Waals surface area (Å²) >= 11 is 0. The van der Waals surface area contributed by atoms with E-state index in [-0.39, 0.29) is 120 Å². The largest absolute Gasteiger partial charge is 2.00 e. The van der Waals surface area contributed by atoms with E-state index in [9.17, 15) is 0 Å². The first-order valence-corrected chi connectivity index (χ1v) is 0. The van der Waals surface area contributed by atoms with Gasteiger partial charge in [-0.05, 0) is 0 Å². The molecule has 0 bridgehead atoms. The Morgan fingerprint density at radius 3 is 0.429 bits per heavy atom. The summed E-state index contributed by atoms with van der Waals surface area (Å²) in [6.07, 6.45) is 0. The van der Waals surface area contributed by atoms with E-state index in [1.54, 1.807) is 0 Å². The average Bonchev–Trinajstić information content (AvgIpc) is 0. The monoisotopic (exact) mass is 440 g/mol. The van der Waals surface area contributed by atoms with Crippen LogP contribution in [0.25, 0.3) is 0 Å². The summed E-state index contributed by atoms with van der Waals surface area (Å²) in [4.78, 5) is 0. The van der Waals surface area contributed by atoms with Crippen molar-refractivity contribution in [2.75, 3.05) is 0 Å². The van der Waals surface area contributed by atoms with Crippen LogP contribution in [0.2, 0.25) is 0 Å². The molecule has 0 aliphatic heterocycles. The van der Waals surface area contributed by atoms with Crippen molar-refractivity contribution in [3.63, 3.8) is 0 Å². The molecule has 0 radical (unpaired) electrons.